The lowest BCUT2D eigenvalue weighted by Crippen LogP contribution is -2.44. The number of carboxylic acid groups (broad SMARTS) is 1. The van der Waals surface area contributed by atoms with Crippen LogP contribution in [0.2, 0.25) is 0 Å². The number of hydrogen-bond acceptors (Lipinski definition) is 8. The van der Waals surface area contributed by atoms with Gasteiger partial charge in [0.1, 0.15) is 19.2 Å². The van der Waals surface area contributed by atoms with Crippen LogP contribution in [0.25, 0.3) is 0 Å². The van der Waals surface area contributed by atoms with Gasteiger partial charge in [0.2, 0.25) is 5.16 Å². The van der Waals surface area contributed by atoms with E-state index in [4.69, 9.17) is 4.74 Å². The number of tetrazole rings is 1. The summed E-state index contributed by atoms with van der Waals surface area (Å²) in [5.74, 6) is -1.40. The smallest absolute Gasteiger partial charge is 0.408 e. The molecule has 178 valence electrons. The van der Waals surface area contributed by atoms with Crippen LogP contribution in [0.4, 0.5) is 4.79 Å². The second-order valence-electron chi connectivity index (χ2n) is 7.77. The summed E-state index contributed by atoms with van der Waals surface area (Å²) in [4.78, 5) is 37.1. The van der Waals surface area contributed by atoms with Crippen LogP contribution in [0, 0.1) is 0 Å². The number of aliphatic carboxylic acids is 1. The summed E-state index contributed by atoms with van der Waals surface area (Å²) in [6.07, 6.45) is -1.49. The second-order valence-corrected chi connectivity index (χ2v) is 8.81. The molecule has 1 heterocycles. The Bertz CT molecular complexity index is 1120. The van der Waals surface area contributed by atoms with Gasteiger partial charge < -0.3 is 15.2 Å². The molecule has 0 aliphatic heterocycles. The Morgan fingerprint density at radius 3 is 2.44 bits per heavy atom. The fourth-order valence-electron chi connectivity index (χ4n) is 2.98. The highest BCUT2D eigenvalue weighted by molar-refractivity contribution is 7.99. The first-order valence-electron chi connectivity index (χ1n) is 10.6. The average Bonchev–Trinajstić information content (AvgIpc) is 3.24. The summed E-state index contributed by atoms with van der Waals surface area (Å²) in [5, 5.41) is 23.3. The van der Waals surface area contributed by atoms with E-state index in [0.717, 1.165) is 10.5 Å². The van der Waals surface area contributed by atoms with Crippen molar-refractivity contribution in [2.45, 2.75) is 55.4 Å². The van der Waals surface area contributed by atoms with Gasteiger partial charge in [-0.3, -0.25) is 9.59 Å². The second kappa shape index (κ2) is 11.9. The molecular weight excluding hydrogens is 458 g/mol. The third-order valence-corrected chi connectivity index (χ3v) is 5.82. The van der Waals surface area contributed by atoms with Gasteiger partial charge in [-0.15, -0.1) is 5.10 Å². The molecule has 2 N–H and O–H groups in total. The summed E-state index contributed by atoms with van der Waals surface area (Å²) in [6.45, 7) is 3.89. The molecule has 0 fully saturated rings. The third-order valence-electron chi connectivity index (χ3n) is 4.83. The Hall–Kier alpha value is -3.73. The van der Waals surface area contributed by atoms with E-state index >= 15 is 0 Å². The summed E-state index contributed by atoms with van der Waals surface area (Å²) in [7, 11) is 0. The third kappa shape index (κ3) is 7.41. The Labute approximate surface area is 200 Å². The molecule has 0 saturated carbocycles. The monoisotopic (exact) mass is 483 g/mol. The van der Waals surface area contributed by atoms with E-state index in [0.29, 0.717) is 11.1 Å². The Kier molecular flexibility index (Phi) is 8.74. The maximum atomic E-state index is 12.8. The number of hydrogen-bond donors (Lipinski definition) is 2. The van der Waals surface area contributed by atoms with Crippen molar-refractivity contribution in [3.05, 3.63) is 65.7 Å². The summed E-state index contributed by atoms with van der Waals surface area (Å²) in [5.41, 5.74) is 1.96. The van der Waals surface area contributed by atoms with E-state index in [1.54, 1.807) is 24.3 Å². The van der Waals surface area contributed by atoms with Gasteiger partial charge in [-0.1, -0.05) is 56.3 Å². The molecule has 2 aromatic carbocycles. The highest BCUT2D eigenvalue weighted by Crippen LogP contribution is 2.27. The normalized spacial score (nSPS) is 11.7. The molecule has 1 aromatic heterocycles. The number of alkyl carbamates (subject to hydrolysis) is 1. The van der Waals surface area contributed by atoms with E-state index in [1.165, 1.54) is 22.0 Å². The van der Waals surface area contributed by atoms with Gasteiger partial charge in [-0.2, -0.15) is 0 Å². The van der Waals surface area contributed by atoms with Crippen molar-refractivity contribution in [3.8, 4) is 0 Å². The maximum absolute atomic E-state index is 12.8. The SMILES string of the molecule is CC(C)c1ccc(Sc2nnnn2CC(=O)C(CC(=O)O)NC(=O)OCc2ccccc2)cc1. The predicted molar refractivity (Wildman–Crippen MR) is 123 cm³/mol. The van der Waals surface area contributed by atoms with Crippen LogP contribution >= 0.6 is 11.8 Å². The number of aromatic nitrogens is 4. The fourth-order valence-corrected chi connectivity index (χ4v) is 3.75. The summed E-state index contributed by atoms with van der Waals surface area (Å²) < 4.78 is 6.38. The van der Waals surface area contributed by atoms with E-state index in [9.17, 15) is 19.5 Å². The van der Waals surface area contributed by atoms with Crippen molar-refractivity contribution >= 4 is 29.6 Å². The molecular formula is C23H25N5O5S. The molecule has 0 aliphatic carbocycles. The first kappa shape index (κ1) is 24.9. The first-order chi connectivity index (χ1) is 16.3. The van der Waals surface area contributed by atoms with Crippen molar-refractivity contribution in [3.63, 3.8) is 0 Å². The minimum atomic E-state index is -1.30. The Balaban J connectivity index is 1.62. The molecule has 10 nitrogen and oxygen atoms in total. The van der Waals surface area contributed by atoms with Crippen LogP contribution in [0.3, 0.4) is 0 Å². The lowest BCUT2D eigenvalue weighted by Gasteiger charge is -2.16. The van der Waals surface area contributed by atoms with Crippen LogP contribution in [0.5, 0.6) is 0 Å². The van der Waals surface area contributed by atoms with Gasteiger partial charge in [-0.25, -0.2) is 9.48 Å². The molecule has 1 unspecified atom stereocenters. The van der Waals surface area contributed by atoms with Gasteiger partial charge in [0, 0.05) is 4.90 Å². The zero-order chi connectivity index (χ0) is 24.5. The lowest BCUT2D eigenvalue weighted by atomic mass is 10.0. The molecule has 3 rings (SSSR count). The number of rotatable bonds is 11. The summed E-state index contributed by atoms with van der Waals surface area (Å²) in [6, 6.07) is 15.6. The summed E-state index contributed by atoms with van der Waals surface area (Å²) >= 11 is 1.27. The quantitative estimate of drug-likeness (QED) is 0.421. The first-order valence-corrected chi connectivity index (χ1v) is 11.4. The van der Waals surface area contributed by atoms with Crippen LogP contribution < -0.4 is 5.32 Å². The molecule has 0 saturated heterocycles. The molecule has 0 spiro atoms. The number of ether oxygens (including phenoxy) is 1. The number of nitrogens with zero attached hydrogens (tertiary/aromatic N) is 4. The molecule has 1 atom stereocenters. The zero-order valence-electron chi connectivity index (χ0n) is 18.7. The van der Waals surface area contributed by atoms with Gasteiger partial charge in [-0.05, 0) is 51.4 Å². The van der Waals surface area contributed by atoms with Crippen molar-refractivity contribution < 1.29 is 24.2 Å². The van der Waals surface area contributed by atoms with Crippen molar-refractivity contribution in [2.75, 3.05) is 0 Å². The van der Waals surface area contributed by atoms with E-state index in [2.05, 4.69) is 34.7 Å². The van der Waals surface area contributed by atoms with Crippen LogP contribution in [-0.4, -0.2) is 49.2 Å². The molecule has 11 heteroatoms. The van der Waals surface area contributed by atoms with Crippen LogP contribution in [0.15, 0.2) is 64.6 Å². The molecule has 3 aromatic rings. The molecule has 34 heavy (non-hydrogen) atoms. The number of ketones is 1. The molecule has 0 radical (unpaired) electrons. The molecule has 0 aliphatic rings. The van der Waals surface area contributed by atoms with Gasteiger partial charge >= 0.3 is 12.1 Å². The highest BCUT2D eigenvalue weighted by Gasteiger charge is 2.26. The Morgan fingerprint density at radius 1 is 1.09 bits per heavy atom. The minimum Gasteiger partial charge on any atom is -0.481 e. The maximum Gasteiger partial charge on any atom is 0.408 e. The topological polar surface area (TPSA) is 136 Å². The van der Waals surface area contributed by atoms with Gasteiger partial charge in [0.05, 0.1) is 6.42 Å². The number of carbonyl (C=O) groups excluding carboxylic acids is 2. The molecule has 0 bridgehead atoms. The number of amides is 1. The van der Waals surface area contributed by atoms with Crippen molar-refractivity contribution in [2.24, 2.45) is 0 Å². The number of carbonyl (C=O) groups is 3. The van der Waals surface area contributed by atoms with Crippen molar-refractivity contribution in [1.29, 1.82) is 0 Å². The number of benzene rings is 2. The lowest BCUT2D eigenvalue weighted by molar-refractivity contribution is -0.139. The van der Waals surface area contributed by atoms with E-state index in [-0.39, 0.29) is 13.2 Å². The number of nitrogens with one attached hydrogen (secondary N) is 1. The van der Waals surface area contributed by atoms with Crippen molar-refractivity contribution in [1.82, 2.24) is 25.5 Å². The minimum absolute atomic E-state index is 0.00988. The number of Topliss-reactive ketones (excluding diaryl/α,β-unsaturated/α-hetero) is 1. The van der Waals surface area contributed by atoms with Gasteiger partial charge in [0.25, 0.3) is 0 Å². The zero-order valence-corrected chi connectivity index (χ0v) is 19.6. The fraction of sp³-hybridized carbons (Fsp3) is 0.304. The van der Waals surface area contributed by atoms with Gasteiger partial charge in [0.15, 0.2) is 5.78 Å². The standard InChI is InChI=1S/C23H25N5O5S/c1-15(2)17-8-10-18(11-9-17)34-22-25-26-27-28(22)13-20(29)19(12-21(30)31)24-23(32)33-14-16-6-4-3-5-7-16/h3-11,15,19H,12-14H2,1-2H3,(H,24,32)(H,30,31). The average molecular weight is 484 g/mol. The largest absolute Gasteiger partial charge is 0.481 e. The van der Waals surface area contributed by atoms with Crippen LogP contribution in [-0.2, 0) is 27.5 Å². The number of carboxylic acids is 1. The van der Waals surface area contributed by atoms with E-state index in [1.807, 2.05) is 30.3 Å². The molecule has 1 amide bonds. The highest BCUT2D eigenvalue weighted by atomic mass is 32.2. The van der Waals surface area contributed by atoms with Crippen LogP contribution in [0.1, 0.15) is 37.3 Å². The predicted octanol–water partition coefficient (Wildman–Crippen LogP) is 3.29. The Morgan fingerprint density at radius 2 is 1.79 bits per heavy atom. The van der Waals surface area contributed by atoms with E-state index < -0.39 is 30.3 Å².